The molecule has 8 nitrogen and oxygen atoms in total. The number of ether oxygens (including phenoxy) is 2. The first-order valence-electron chi connectivity index (χ1n) is 13.4. The monoisotopic (exact) mass is 630 g/mol. The van der Waals surface area contributed by atoms with E-state index in [0.717, 1.165) is 49.1 Å². The lowest BCUT2D eigenvalue weighted by atomic mass is 10.0. The quantitative estimate of drug-likeness (QED) is 0.171. The number of nitrogens with zero attached hydrogens (tertiary/aromatic N) is 4. The lowest BCUT2D eigenvalue weighted by Crippen LogP contribution is -2.31. The number of carboxylic acids is 1. The van der Waals surface area contributed by atoms with Crippen LogP contribution in [0.1, 0.15) is 45.0 Å². The van der Waals surface area contributed by atoms with Gasteiger partial charge in [-0.05, 0) is 42.3 Å². The van der Waals surface area contributed by atoms with Crippen LogP contribution in [0.5, 0.6) is 5.88 Å². The van der Waals surface area contributed by atoms with Crippen LogP contribution < -0.4 is 4.74 Å². The predicted molar refractivity (Wildman–Crippen MR) is 149 cm³/mol. The van der Waals surface area contributed by atoms with Crippen LogP contribution in [-0.4, -0.2) is 43.3 Å². The Morgan fingerprint density at radius 2 is 1.93 bits per heavy atom. The van der Waals surface area contributed by atoms with Gasteiger partial charge in [-0.2, -0.15) is 0 Å². The molecule has 4 heterocycles. The summed E-state index contributed by atoms with van der Waals surface area (Å²) in [6, 6.07) is 8.63. The van der Waals surface area contributed by atoms with Gasteiger partial charge in [-0.3, -0.25) is 0 Å². The van der Waals surface area contributed by atoms with Gasteiger partial charge in [0, 0.05) is 37.8 Å². The molecule has 6 rings (SSSR count). The minimum Gasteiger partial charge on any atom is -0.478 e. The number of halogens is 5. The summed E-state index contributed by atoms with van der Waals surface area (Å²) in [6.07, 6.45) is 1.38. The van der Waals surface area contributed by atoms with E-state index in [9.17, 15) is 23.1 Å². The maximum atomic E-state index is 15.4. The van der Waals surface area contributed by atoms with E-state index in [1.54, 1.807) is 4.57 Å². The van der Waals surface area contributed by atoms with E-state index in [1.807, 2.05) is 0 Å². The molecule has 0 bridgehead atoms. The van der Waals surface area contributed by atoms with Crippen molar-refractivity contribution in [3.05, 3.63) is 92.9 Å². The Morgan fingerprint density at radius 3 is 2.61 bits per heavy atom. The number of hydrogen-bond donors (Lipinski definition) is 1. The van der Waals surface area contributed by atoms with Crippen LogP contribution in [0.4, 0.5) is 22.0 Å². The standard InChI is InChI=1S/C30H23F5N4O4S/c1-30(34,35)24-12-36-27(44-24)14-43-26-4-2-3-22(37-26)18-11-19(31)15(7-20(18)32)10-25-38-28-21(33)8-16(29(40)41)9-23(28)39(25)13-17-5-6-42-17/h2-4,7-9,11-12,17H,5-6,10,13-14H2,1H3,(H,40,41)/t17-/m0/s1. The number of carboxylic acid groups (broad SMARTS) is 1. The molecule has 5 aromatic rings. The molecule has 0 amide bonds. The lowest BCUT2D eigenvalue weighted by Gasteiger charge is -2.27. The fraction of sp³-hybridized carbons (Fsp3) is 0.267. The normalized spacial score (nSPS) is 15.0. The van der Waals surface area contributed by atoms with E-state index >= 15 is 8.78 Å². The van der Waals surface area contributed by atoms with Crippen molar-refractivity contribution < 1.29 is 41.3 Å². The van der Waals surface area contributed by atoms with E-state index in [1.165, 1.54) is 24.3 Å². The average Bonchev–Trinajstić information content (AvgIpc) is 3.57. The van der Waals surface area contributed by atoms with Gasteiger partial charge >= 0.3 is 5.97 Å². The average molecular weight is 631 g/mol. The van der Waals surface area contributed by atoms with Crippen molar-refractivity contribution in [3.63, 3.8) is 0 Å². The fourth-order valence-electron chi connectivity index (χ4n) is 4.77. The van der Waals surface area contributed by atoms with Crippen molar-refractivity contribution in [1.29, 1.82) is 0 Å². The van der Waals surface area contributed by atoms with Gasteiger partial charge < -0.3 is 19.1 Å². The minimum atomic E-state index is -3.03. The second kappa shape index (κ2) is 11.6. The second-order valence-corrected chi connectivity index (χ2v) is 11.4. The van der Waals surface area contributed by atoms with Gasteiger partial charge in [-0.15, -0.1) is 11.3 Å². The third-order valence-corrected chi connectivity index (χ3v) is 8.27. The zero-order valence-corrected chi connectivity index (χ0v) is 23.8. The fourth-order valence-corrected chi connectivity index (χ4v) is 5.54. The molecular formula is C30H23F5N4O4S. The van der Waals surface area contributed by atoms with E-state index in [2.05, 4.69) is 15.0 Å². The van der Waals surface area contributed by atoms with Gasteiger partial charge in [0.15, 0.2) is 5.82 Å². The van der Waals surface area contributed by atoms with Gasteiger partial charge in [0.2, 0.25) is 5.88 Å². The number of alkyl halides is 2. The second-order valence-electron chi connectivity index (χ2n) is 10.3. The first-order valence-corrected chi connectivity index (χ1v) is 14.2. The summed E-state index contributed by atoms with van der Waals surface area (Å²) in [5.41, 5.74) is -0.272. The molecule has 0 aliphatic carbocycles. The number of fused-ring (bicyclic) bond motifs is 1. The Balaban J connectivity index is 1.26. The Kier molecular flexibility index (Phi) is 7.80. The largest absolute Gasteiger partial charge is 0.478 e. The molecule has 0 saturated carbocycles. The minimum absolute atomic E-state index is 0.0566. The first-order chi connectivity index (χ1) is 21.0. The molecule has 0 unspecified atom stereocenters. The van der Waals surface area contributed by atoms with Crippen LogP contribution in [0, 0.1) is 17.5 Å². The van der Waals surface area contributed by atoms with Crippen molar-refractivity contribution in [2.75, 3.05) is 6.61 Å². The van der Waals surface area contributed by atoms with Gasteiger partial charge in [0.25, 0.3) is 5.92 Å². The molecule has 1 fully saturated rings. The molecule has 228 valence electrons. The van der Waals surface area contributed by atoms with Crippen LogP contribution in [0.15, 0.2) is 48.7 Å². The van der Waals surface area contributed by atoms with Crippen LogP contribution in [-0.2, 0) is 30.2 Å². The van der Waals surface area contributed by atoms with Crippen LogP contribution in [0.2, 0.25) is 0 Å². The van der Waals surface area contributed by atoms with Gasteiger partial charge in [-0.25, -0.2) is 41.7 Å². The van der Waals surface area contributed by atoms with Gasteiger partial charge in [0.1, 0.15) is 34.6 Å². The smallest absolute Gasteiger partial charge is 0.335 e. The lowest BCUT2D eigenvalue weighted by molar-refractivity contribution is -0.0589. The Hall–Kier alpha value is -4.43. The molecule has 1 saturated heterocycles. The van der Waals surface area contributed by atoms with E-state index < -0.39 is 29.3 Å². The molecule has 14 heteroatoms. The highest BCUT2D eigenvalue weighted by atomic mass is 32.1. The number of carbonyl (C=O) groups is 1. The number of thiazole rings is 1. The highest BCUT2D eigenvalue weighted by Crippen LogP contribution is 2.33. The molecular weight excluding hydrogens is 607 g/mol. The highest BCUT2D eigenvalue weighted by Gasteiger charge is 2.28. The van der Waals surface area contributed by atoms with Crippen molar-refractivity contribution in [2.24, 2.45) is 0 Å². The highest BCUT2D eigenvalue weighted by molar-refractivity contribution is 7.11. The topological polar surface area (TPSA) is 99.4 Å². The number of hydrogen-bond acceptors (Lipinski definition) is 7. The zero-order chi connectivity index (χ0) is 31.2. The molecule has 1 aliphatic heterocycles. The van der Waals surface area contributed by atoms with E-state index in [0.29, 0.717) is 11.6 Å². The molecule has 1 aliphatic rings. The summed E-state index contributed by atoms with van der Waals surface area (Å²) >= 11 is 0.794. The third kappa shape index (κ3) is 5.99. The number of rotatable bonds is 10. The first kappa shape index (κ1) is 29.6. The number of pyridine rings is 1. The molecule has 1 N–H and O–H groups in total. The van der Waals surface area contributed by atoms with Crippen molar-refractivity contribution in [3.8, 4) is 17.1 Å². The maximum absolute atomic E-state index is 15.4. The van der Waals surface area contributed by atoms with E-state index in [4.69, 9.17) is 9.47 Å². The summed E-state index contributed by atoms with van der Waals surface area (Å²) < 4.78 is 85.3. The maximum Gasteiger partial charge on any atom is 0.335 e. The molecule has 2 aromatic carbocycles. The molecule has 44 heavy (non-hydrogen) atoms. The van der Waals surface area contributed by atoms with E-state index in [-0.39, 0.29) is 75.7 Å². The summed E-state index contributed by atoms with van der Waals surface area (Å²) in [5, 5.41) is 9.70. The number of aromatic nitrogens is 4. The number of imidazole rings is 1. The third-order valence-electron chi connectivity index (χ3n) is 7.13. The number of aromatic carboxylic acids is 1. The zero-order valence-electron chi connectivity index (χ0n) is 23.0. The predicted octanol–water partition coefficient (Wildman–Crippen LogP) is 6.74. The SMILES string of the molecule is CC(F)(F)c1cnc(COc2cccc(-c3cc(F)c(Cc4nc5c(F)cc(C(=O)O)cc5n4C[C@@H]4CCO4)cc3F)n2)s1. The Labute approximate surface area is 250 Å². The van der Waals surface area contributed by atoms with Gasteiger partial charge in [-0.1, -0.05) is 6.07 Å². The van der Waals surface area contributed by atoms with Crippen molar-refractivity contribution in [2.45, 2.75) is 44.9 Å². The summed E-state index contributed by atoms with van der Waals surface area (Å²) in [4.78, 5) is 23.8. The molecule has 1 atom stereocenters. The van der Waals surface area contributed by atoms with Crippen LogP contribution in [0.25, 0.3) is 22.3 Å². The van der Waals surface area contributed by atoms with Crippen molar-refractivity contribution in [1.82, 2.24) is 19.5 Å². The number of benzene rings is 2. The summed E-state index contributed by atoms with van der Waals surface area (Å²) in [5.74, 6) is -6.47. The van der Waals surface area contributed by atoms with Crippen LogP contribution >= 0.6 is 11.3 Å². The van der Waals surface area contributed by atoms with Gasteiger partial charge in [0.05, 0.1) is 34.3 Å². The summed E-state index contributed by atoms with van der Waals surface area (Å²) in [6.45, 7) is 1.41. The van der Waals surface area contributed by atoms with Crippen molar-refractivity contribution >= 4 is 28.3 Å². The molecule has 0 radical (unpaired) electrons. The Morgan fingerprint density at radius 1 is 1.14 bits per heavy atom. The Bertz CT molecular complexity index is 1880. The van der Waals surface area contributed by atoms with Crippen LogP contribution in [0.3, 0.4) is 0 Å². The molecule has 0 spiro atoms. The summed E-state index contributed by atoms with van der Waals surface area (Å²) in [7, 11) is 0. The molecule has 3 aromatic heterocycles.